The maximum absolute atomic E-state index is 11.8. The summed E-state index contributed by atoms with van der Waals surface area (Å²) in [5.74, 6) is 1.19. The predicted molar refractivity (Wildman–Crippen MR) is 65.9 cm³/mol. The van der Waals surface area contributed by atoms with Crippen molar-refractivity contribution in [2.24, 2.45) is 11.3 Å². The summed E-state index contributed by atoms with van der Waals surface area (Å²) in [5.41, 5.74) is -0.273. The lowest BCUT2D eigenvalue weighted by Gasteiger charge is -2.17. The Hall–Kier alpha value is -0.360. The van der Waals surface area contributed by atoms with Crippen LogP contribution in [0.1, 0.15) is 47.5 Å². The molecule has 0 saturated heterocycles. The maximum Gasteiger partial charge on any atom is 0.0683 e. The summed E-state index contributed by atoms with van der Waals surface area (Å²) in [6.07, 6.45) is 1.71. The van der Waals surface area contributed by atoms with Gasteiger partial charge in [-0.15, -0.1) is 0 Å². The lowest BCUT2D eigenvalue weighted by atomic mass is 9.90. The molecule has 0 N–H and O–H groups in total. The van der Waals surface area contributed by atoms with Crippen LogP contribution in [-0.2, 0) is 10.8 Å². The highest BCUT2D eigenvalue weighted by Gasteiger charge is 2.19. The molecule has 2 atom stereocenters. The summed E-state index contributed by atoms with van der Waals surface area (Å²) < 4.78 is 11.8. The van der Waals surface area contributed by atoms with Gasteiger partial charge >= 0.3 is 0 Å². The van der Waals surface area contributed by atoms with Crippen molar-refractivity contribution >= 4 is 10.8 Å². The Morgan fingerprint density at radius 1 is 1.33 bits per heavy atom. The minimum absolute atomic E-state index is 0.259. The van der Waals surface area contributed by atoms with Crippen molar-refractivity contribution in [2.75, 3.05) is 5.75 Å². The lowest BCUT2D eigenvalue weighted by Crippen LogP contribution is -2.21. The van der Waals surface area contributed by atoms with E-state index in [1.165, 1.54) is 0 Å². The molecule has 3 heteroatoms. The summed E-state index contributed by atoms with van der Waals surface area (Å²) in [5, 5.41) is 9.09. The second kappa shape index (κ2) is 6.27. The Labute approximate surface area is 96.5 Å². The van der Waals surface area contributed by atoms with Gasteiger partial charge in [0.2, 0.25) is 0 Å². The third-order valence-corrected chi connectivity index (χ3v) is 4.87. The van der Waals surface area contributed by atoms with Gasteiger partial charge in [-0.1, -0.05) is 20.8 Å². The van der Waals surface area contributed by atoms with E-state index >= 15 is 0 Å². The topological polar surface area (TPSA) is 40.9 Å². The van der Waals surface area contributed by atoms with Crippen molar-refractivity contribution in [3.63, 3.8) is 0 Å². The molecular formula is C12H23NOS. The molecule has 0 aromatic heterocycles. The van der Waals surface area contributed by atoms with E-state index in [0.29, 0.717) is 5.92 Å². The molecule has 2 nitrogen and oxygen atoms in total. The number of nitriles is 1. The van der Waals surface area contributed by atoms with E-state index in [1.54, 1.807) is 0 Å². The molecule has 0 saturated carbocycles. The van der Waals surface area contributed by atoms with Gasteiger partial charge in [-0.05, 0) is 32.6 Å². The average molecular weight is 229 g/mol. The summed E-state index contributed by atoms with van der Waals surface area (Å²) in [6, 6.07) is 2.27. The average Bonchev–Trinajstić information content (AvgIpc) is 2.16. The van der Waals surface area contributed by atoms with E-state index in [9.17, 15) is 4.21 Å². The summed E-state index contributed by atoms with van der Waals surface area (Å²) in [7, 11) is -0.741. The Morgan fingerprint density at radius 2 is 1.87 bits per heavy atom. The largest absolute Gasteiger partial charge is 0.259 e. The number of hydrogen-bond acceptors (Lipinski definition) is 2. The third-order valence-electron chi connectivity index (χ3n) is 2.80. The van der Waals surface area contributed by atoms with Crippen LogP contribution in [0.3, 0.4) is 0 Å². The second-order valence-corrected chi connectivity index (χ2v) is 7.05. The molecule has 0 aromatic rings. The molecule has 0 spiro atoms. The molecule has 0 fully saturated rings. The highest BCUT2D eigenvalue weighted by molar-refractivity contribution is 7.85. The first-order chi connectivity index (χ1) is 6.80. The standard InChI is InChI=1S/C12H23NOS/c1-10(2)11(3)15(14)8-6-7-12(4,5)9-13/h10-11H,6-8H2,1-5H3. The van der Waals surface area contributed by atoms with Gasteiger partial charge in [-0.2, -0.15) is 5.26 Å². The third kappa shape index (κ3) is 5.94. The molecule has 0 amide bonds. The Bertz CT molecular complexity index is 253. The molecule has 0 aliphatic carbocycles. The van der Waals surface area contributed by atoms with Gasteiger partial charge in [-0.3, -0.25) is 4.21 Å². The van der Waals surface area contributed by atoms with E-state index in [-0.39, 0.29) is 10.7 Å². The van der Waals surface area contributed by atoms with Crippen LogP contribution in [0.4, 0.5) is 0 Å². The van der Waals surface area contributed by atoms with Crippen molar-refractivity contribution < 1.29 is 4.21 Å². The van der Waals surface area contributed by atoms with E-state index in [4.69, 9.17) is 5.26 Å². The van der Waals surface area contributed by atoms with Gasteiger partial charge in [0.1, 0.15) is 0 Å². The van der Waals surface area contributed by atoms with Gasteiger partial charge < -0.3 is 0 Å². The van der Waals surface area contributed by atoms with E-state index in [0.717, 1.165) is 18.6 Å². The molecule has 0 bridgehead atoms. The summed E-state index contributed by atoms with van der Waals surface area (Å²) >= 11 is 0. The van der Waals surface area contributed by atoms with Gasteiger partial charge in [0.25, 0.3) is 0 Å². The first-order valence-electron chi connectivity index (χ1n) is 5.58. The summed E-state index contributed by atoms with van der Waals surface area (Å²) in [4.78, 5) is 0. The first kappa shape index (κ1) is 14.6. The zero-order valence-corrected chi connectivity index (χ0v) is 11.4. The Kier molecular flexibility index (Phi) is 6.12. The predicted octanol–water partition coefficient (Wildman–Crippen LogP) is 3.11. The molecule has 0 rings (SSSR count). The van der Waals surface area contributed by atoms with Crippen molar-refractivity contribution in [2.45, 2.75) is 52.7 Å². The maximum atomic E-state index is 11.8. The van der Waals surface area contributed by atoms with Gasteiger partial charge in [0.05, 0.1) is 11.5 Å². The fourth-order valence-corrected chi connectivity index (χ4v) is 2.61. The molecule has 0 aliphatic rings. The van der Waals surface area contributed by atoms with Crippen LogP contribution in [0.5, 0.6) is 0 Å². The SMILES string of the molecule is CC(C)C(C)S(=O)CCCC(C)(C)C#N. The number of rotatable bonds is 6. The molecule has 0 aliphatic heterocycles. The quantitative estimate of drug-likeness (QED) is 0.702. The van der Waals surface area contributed by atoms with Crippen LogP contribution in [0.2, 0.25) is 0 Å². The zero-order chi connectivity index (χ0) is 12.1. The van der Waals surface area contributed by atoms with Gasteiger partial charge in [-0.25, -0.2) is 0 Å². The van der Waals surface area contributed by atoms with Gasteiger partial charge in [0, 0.05) is 21.8 Å². The van der Waals surface area contributed by atoms with Crippen molar-refractivity contribution in [3.05, 3.63) is 0 Å². The molecule has 88 valence electrons. The number of hydrogen-bond donors (Lipinski definition) is 0. The van der Waals surface area contributed by atoms with E-state index in [1.807, 2.05) is 20.8 Å². The molecule has 0 heterocycles. The Balaban J connectivity index is 3.89. The fourth-order valence-electron chi connectivity index (χ4n) is 1.20. The van der Waals surface area contributed by atoms with E-state index in [2.05, 4.69) is 19.9 Å². The minimum atomic E-state index is -0.741. The molecule has 0 aromatic carbocycles. The van der Waals surface area contributed by atoms with Crippen LogP contribution >= 0.6 is 0 Å². The zero-order valence-electron chi connectivity index (χ0n) is 10.5. The molecule has 2 unspecified atom stereocenters. The highest BCUT2D eigenvalue weighted by atomic mass is 32.2. The van der Waals surface area contributed by atoms with Crippen molar-refractivity contribution in [3.8, 4) is 6.07 Å². The summed E-state index contributed by atoms with van der Waals surface area (Å²) in [6.45, 7) is 10.1. The smallest absolute Gasteiger partial charge is 0.0683 e. The molecule has 15 heavy (non-hydrogen) atoms. The van der Waals surface area contributed by atoms with Gasteiger partial charge in [0.15, 0.2) is 0 Å². The molecular weight excluding hydrogens is 206 g/mol. The fraction of sp³-hybridized carbons (Fsp3) is 0.917. The Morgan fingerprint density at radius 3 is 2.27 bits per heavy atom. The van der Waals surface area contributed by atoms with Crippen LogP contribution in [-0.4, -0.2) is 15.2 Å². The second-order valence-electron chi connectivity index (χ2n) is 5.13. The molecule has 0 radical (unpaired) electrons. The van der Waals surface area contributed by atoms with Crippen molar-refractivity contribution in [1.82, 2.24) is 0 Å². The monoisotopic (exact) mass is 229 g/mol. The van der Waals surface area contributed by atoms with Crippen LogP contribution in [0.15, 0.2) is 0 Å². The highest BCUT2D eigenvalue weighted by Crippen LogP contribution is 2.21. The minimum Gasteiger partial charge on any atom is -0.259 e. The van der Waals surface area contributed by atoms with Crippen LogP contribution in [0, 0.1) is 22.7 Å². The number of nitrogens with zero attached hydrogens (tertiary/aromatic N) is 1. The van der Waals surface area contributed by atoms with Crippen LogP contribution in [0.25, 0.3) is 0 Å². The van der Waals surface area contributed by atoms with E-state index < -0.39 is 10.8 Å². The van der Waals surface area contributed by atoms with Crippen molar-refractivity contribution in [1.29, 1.82) is 5.26 Å². The lowest BCUT2D eigenvalue weighted by molar-refractivity contribution is 0.446. The normalized spacial score (nSPS) is 16.1. The first-order valence-corrected chi connectivity index (χ1v) is 6.97. The van der Waals surface area contributed by atoms with Crippen LogP contribution < -0.4 is 0 Å².